The molecule has 1 saturated carbocycles. The lowest BCUT2D eigenvalue weighted by molar-refractivity contribution is -0.168. The first-order chi connectivity index (χ1) is 12.2. The zero-order valence-electron chi connectivity index (χ0n) is 14.0. The molecule has 1 aliphatic carbocycles. The molecule has 26 heavy (non-hydrogen) atoms. The third-order valence-electron chi connectivity index (χ3n) is 3.91. The lowest BCUT2D eigenvalue weighted by atomic mass is 9.82. The van der Waals surface area contributed by atoms with Crippen LogP contribution >= 0.6 is 0 Å². The van der Waals surface area contributed by atoms with Gasteiger partial charge in [0.25, 0.3) is 0 Å². The first-order valence-corrected chi connectivity index (χ1v) is 8.11. The van der Waals surface area contributed by atoms with Crippen molar-refractivity contribution >= 4 is 35.8 Å². The predicted molar refractivity (Wildman–Crippen MR) is 81.4 cm³/mol. The van der Waals surface area contributed by atoms with E-state index in [-0.39, 0.29) is 25.7 Å². The summed E-state index contributed by atoms with van der Waals surface area (Å²) in [4.78, 5) is 67.1. The van der Waals surface area contributed by atoms with Crippen LogP contribution in [-0.2, 0) is 38.2 Å². The largest absolute Gasteiger partial charge is 0.481 e. The average Bonchev–Trinajstić information content (AvgIpc) is 2.58. The Labute approximate surface area is 148 Å². The molecule has 0 bridgehead atoms. The smallest absolute Gasteiger partial charge is 0.316 e. The van der Waals surface area contributed by atoms with Crippen molar-refractivity contribution in [1.82, 2.24) is 0 Å². The molecule has 1 fully saturated rings. The summed E-state index contributed by atoms with van der Waals surface area (Å²) in [6.07, 6.45) is -0.631. The van der Waals surface area contributed by atoms with Gasteiger partial charge in [-0.15, -0.1) is 0 Å². The van der Waals surface area contributed by atoms with Crippen molar-refractivity contribution in [1.29, 1.82) is 0 Å². The Balaban J connectivity index is 2.34. The van der Waals surface area contributed by atoms with E-state index in [2.05, 4.69) is 9.47 Å². The molecule has 0 aliphatic heterocycles. The molecule has 0 aromatic rings. The van der Waals surface area contributed by atoms with Crippen LogP contribution < -0.4 is 0 Å². The van der Waals surface area contributed by atoms with Crippen molar-refractivity contribution in [3.8, 4) is 0 Å². The Kier molecular flexibility index (Phi) is 8.40. The van der Waals surface area contributed by atoms with Crippen LogP contribution in [0.1, 0.15) is 51.4 Å². The minimum atomic E-state index is -1.17. The van der Waals surface area contributed by atoms with Gasteiger partial charge in [0, 0.05) is 0 Å². The van der Waals surface area contributed by atoms with Crippen LogP contribution in [0, 0.1) is 11.8 Å². The van der Waals surface area contributed by atoms with Gasteiger partial charge in [-0.25, -0.2) is 0 Å². The number of carboxylic acid groups (broad SMARTS) is 2. The maximum absolute atomic E-state index is 11.8. The van der Waals surface area contributed by atoms with E-state index in [4.69, 9.17) is 10.2 Å². The van der Waals surface area contributed by atoms with E-state index in [1.807, 2.05) is 0 Å². The average molecular weight is 372 g/mol. The first kappa shape index (κ1) is 21.3. The maximum Gasteiger partial charge on any atom is 0.316 e. The standard InChI is InChI=1S/C16H20O10/c17-11(18)5-7-13(21)25-15(23)9-1-2-10(4-3-9)16(24)26-14(22)8-6-12(19)20/h9-10H,1-8H2,(H,17,18)(H,19,20). The summed E-state index contributed by atoms with van der Waals surface area (Å²) in [7, 11) is 0. The summed E-state index contributed by atoms with van der Waals surface area (Å²) in [5.41, 5.74) is 0. The number of carbonyl (C=O) groups excluding carboxylic acids is 4. The molecule has 10 heteroatoms. The van der Waals surface area contributed by atoms with Crippen LogP contribution in [0.3, 0.4) is 0 Å². The fourth-order valence-electron chi connectivity index (χ4n) is 2.48. The molecule has 0 unspecified atom stereocenters. The molecule has 2 N–H and O–H groups in total. The summed E-state index contributed by atoms with van der Waals surface area (Å²) in [5.74, 6) is -6.87. The van der Waals surface area contributed by atoms with Gasteiger partial charge in [0.2, 0.25) is 0 Å². The molecule has 0 saturated heterocycles. The quantitative estimate of drug-likeness (QED) is 0.457. The second-order valence-corrected chi connectivity index (χ2v) is 5.92. The fraction of sp³-hybridized carbons (Fsp3) is 0.625. The molecule has 144 valence electrons. The van der Waals surface area contributed by atoms with E-state index in [0.717, 1.165) is 0 Å². The Morgan fingerprint density at radius 1 is 0.615 bits per heavy atom. The highest BCUT2D eigenvalue weighted by molar-refractivity contribution is 5.89. The van der Waals surface area contributed by atoms with Gasteiger partial charge in [-0.1, -0.05) is 0 Å². The molecule has 0 aromatic carbocycles. The Bertz CT molecular complexity index is 534. The van der Waals surface area contributed by atoms with Gasteiger partial charge in [0.1, 0.15) is 0 Å². The van der Waals surface area contributed by atoms with Crippen LogP contribution in [0.4, 0.5) is 0 Å². The molecular formula is C16H20O10. The highest BCUT2D eigenvalue weighted by Gasteiger charge is 2.33. The van der Waals surface area contributed by atoms with E-state index in [1.54, 1.807) is 0 Å². The Hall–Kier alpha value is -2.78. The Morgan fingerprint density at radius 3 is 1.19 bits per heavy atom. The van der Waals surface area contributed by atoms with E-state index in [0.29, 0.717) is 0 Å². The van der Waals surface area contributed by atoms with Crippen LogP contribution in [0.2, 0.25) is 0 Å². The summed E-state index contributed by atoms with van der Waals surface area (Å²) in [5, 5.41) is 16.9. The fourth-order valence-corrected chi connectivity index (χ4v) is 2.48. The number of hydrogen-bond acceptors (Lipinski definition) is 8. The Morgan fingerprint density at radius 2 is 0.923 bits per heavy atom. The summed E-state index contributed by atoms with van der Waals surface area (Å²) in [6, 6.07) is 0. The van der Waals surface area contributed by atoms with Gasteiger partial charge in [-0.2, -0.15) is 0 Å². The minimum absolute atomic E-state index is 0.258. The second-order valence-electron chi connectivity index (χ2n) is 5.92. The highest BCUT2D eigenvalue weighted by atomic mass is 16.6. The van der Waals surface area contributed by atoms with Crippen molar-refractivity contribution in [2.24, 2.45) is 11.8 Å². The number of hydrogen-bond donors (Lipinski definition) is 2. The third-order valence-corrected chi connectivity index (χ3v) is 3.91. The molecule has 0 amide bonds. The molecule has 10 nitrogen and oxygen atoms in total. The number of ether oxygens (including phenoxy) is 2. The summed E-state index contributed by atoms with van der Waals surface area (Å²) >= 11 is 0. The molecule has 0 atom stereocenters. The van der Waals surface area contributed by atoms with Gasteiger partial charge in [-0.05, 0) is 25.7 Å². The predicted octanol–water partition coefficient (Wildman–Crippen LogP) is 0.662. The van der Waals surface area contributed by atoms with Gasteiger partial charge in [0.05, 0.1) is 37.5 Å². The monoisotopic (exact) mass is 372 g/mol. The first-order valence-electron chi connectivity index (χ1n) is 8.11. The van der Waals surface area contributed by atoms with E-state index in [1.165, 1.54) is 0 Å². The summed E-state index contributed by atoms with van der Waals surface area (Å²) in [6.45, 7) is 0. The van der Waals surface area contributed by atoms with E-state index < -0.39 is 73.3 Å². The maximum atomic E-state index is 11.8. The normalized spacial score (nSPS) is 19.2. The van der Waals surface area contributed by atoms with Gasteiger partial charge in [-0.3, -0.25) is 28.8 Å². The molecule has 0 heterocycles. The van der Waals surface area contributed by atoms with Crippen molar-refractivity contribution in [3.63, 3.8) is 0 Å². The zero-order chi connectivity index (χ0) is 19.7. The number of carbonyl (C=O) groups is 6. The molecular weight excluding hydrogens is 352 g/mol. The van der Waals surface area contributed by atoms with E-state index >= 15 is 0 Å². The SMILES string of the molecule is O=C(O)CCC(=O)OC(=O)C1CCC(C(=O)OC(=O)CCC(=O)O)CC1. The summed E-state index contributed by atoms with van der Waals surface area (Å²) < 4.78 is 9.18. The van der Waals surface area contributed by atoms with Gasteiger partial charge in [0.15, 0.2) is 0 Å². The molecule has 1 rings (SSSR count). The lowest BCUT2D eigenvalue weighted by Crippen LogP contribution is -2.30. The van der Waals surface area contributed by atoms with Crippen LogP contribution in [0.15, 0.2) is 0 Å². The molecule has 0 radical (unpaired) electrons. The minimum Gasteiger partial charge on any atom is -0.481 e. The topological polar surface area (TPSA) is 161 Å². The molecule has 0 aromatic heterocycles. The van der Waals surface area contributed by atoms with Crippen molar-refractivity contribution in [3.05, 3.63) is 0 Å². The van der Waals surface area contributed by atoms with Crippen molar-refractivity contribution in [2.75, 3.05) is 0 Å². The van der Waals surface area contributed by atoms with Crippen molar-refractivity contribution in [2.45, 2.75) is 51.4 Å². The van der Waals surface area contributed by atoms with Gasteiger partial charge < -0.3 is 19.7 Å². The van der Waals surface area contributed by atoms with Crippen LogP contribution in [0.25, 0.3) is 0 Å². The molecule has 0 spiro atoms. The van der Waals surface area contributed by atoms with Gasteiger partial charge >= 0.3 is 35.8 Å². The van der Waals surface area contributed by atoms with E-state index in [9.17, 15) is 28.8 Å². The highest BCUT2D eigenvalue weighted by Crippen LogP contribution is 2.30. The van der Waals surface area contributed by atoms with Crippen LogP contribution in [0.5, 0.6) is 0 Å². The number of carboxylic acids is 2. The van der Waals surface area contributed by atoms with Crippen LogP contribution in [-0.4, -0.2) is 46.0 Å². The molecule has 1 aliphatic rings. The van der Waals surface area contributed by atoms with Crippen molar-refractivity contribution < 1.29 is 48.5 Å². The number of aliphatic carboxylic acids is 2. The third kappa shape index (κ3) is 7.86. The zero-order valence-corrected chi connectivity index (χ0v) is 14.0. The number of esters is 4. The number of rotatable bonds is 8. The second kappa shape index (κ2) is 10.3. The lowest BCUT2D eigenvalue weighted by Gasteiger charge is -2.25.